The molecule has 4 aromatic rings. The topological polar surface area (TPSA) is 244 Å². The lowest BCUT2D eigenvalue weighted by Crippen LogP contribution is -2.10. The van der Waals surface area contributed by atoms with Crippen molar-refractivity contribution in [3.8, 4) is 0 Å². The van der Waals surface area contributed by atoms with E-state index >= 15 is 0 Å². The smallest absolute Gasteiger partial charge is 0.346 e. The number of nitrogens with one attached hydrogen (secondary N) is 4. The fourth-order valence-electron chi connectivity index (χ4n) is 1.63. The van der Waals surface area contributed by atoms with Crippen molar-refractivity contribution in [1.82, 2.24) is 39.9 Å². The van der Waals surface area contributed by atoms with Gasteiger partial charge in [-0.05, 0) is 12.1 Å². The number of fused-ring (bicyclic) bond motifs is 1. The van der Waals surface area contributed by atoms with E-state index in [0.29, 0.717) is 11.2 Å². The third kappa shape index (κ3) is 5.82. The molecule has 4 rings (SSSR count). The number of nitrogens with two attached hydrogens (primary N) is 3. The molecular weight excluding hydrogens is 358 g/mol. The largest absolute Gasteiger partial charge is 0.383 e. The molecule has 0 radical (unpaired) electrons. The van der Waals surface area contributed by atoms with Crippen molar-refractivity contribution in [3.63, 3.8) is 0 Å². The SMILES string of the molecule is Nc1cc[nH]c(=O)n1.Nc1cc[nH]c(=O)n1.Nc1nc2nc[nH]c2c(=O)[nH]1. The summed E-state index contributed by atoms with van der Waals surface area (Å²) in [5.41, 5.74) is 15.1. The van der Waals surface area contributed by atoms with Gasteiger partial charge in [0, 0.05) is 12.4 Å². The van der Waals surface area contributed by atoms with E-state index in [-0.39, 0.29) is 23.1 Å². The normalized spacial score (nSPS) is 9.63. The van der Waals surface area contributed by atoms with E-state index in [0.717, 1.165) is 0 Å². The van der Waals surface area contributed by atoms with Crippen molar-refractivity contribution in [2.24, 2.45) is 0 Å². The molecule has 140 valence electrons. The van der Waals surface area contributed by atoms with Gasteiger partial charge in [0.25, 0.3) is 5.56 Å². The zero-order valence-electron chi connectivity index (χ0n) is 13.6. The first-order valence-electron chi connectivity index (χ1n) is 7.16. The zero-order valence-corrected chi connectivity index (χ0v) is 13.6. The molecule has 0 unspecified atom stereocenters. The third-order valence-electron chi connectivity index (χ3n) is 2.70. The molecule has 0 aliphatic rings. The summed E-state index contributed by atoms with van der Waals surface area (Å²) in [5.74, 6) is 0.567. The van der Waals surface area contributed by atoms with Gasteiger partial charge in [-0.1, -0.05) is 0 Å². The third-order valence-corrected chi connectivity index (χ3v) is 2.70. The average molecular weight is 373 g/mol. The Balaban J connectivity index is 0.000000149. The molecule has 0 fully saturated rings. The lowest BCUT2D eigenvalue weighted by Gasteiger charge is -1.89. The van der Waals surface area contributed by atoms with Crippen LogP contribution in [0.2, 0.25) is 0 Å². The molecule has 0 saturated heterocycles. The number of nitrogens with zero attached hydrogens (tertiary/aromatic N) is 4. The first kappa shape index (κ1) is 18.8. The number of nitrogen functional groups attached to an aromatic ring is 3. The van der Waals surface area contributed by atoms with Gasteiger partial charge in [0.1, 0.15) is 11.6 Å². The van der Waals surface area contributed by atoms with Gasteiger partial charge in [0.05, 0.1) is 6.33 Å². The van der Waals surface area contributed by atoms with Crippen molar-refractivity contribution in [3.05, 3.63) is 62.2 Å². The predicted octanol–water partition coefficient (Wildman–Crippen LogP) is -2.07. The van der Waals surface area contributed by atoms with Crippen LogP contribution in [-0.2, 0) is 0 Å². The number of aromatic amines is 4. The van der Waals surface area contributed by atoms with E-state index in [1.54, 1.807) is 0 Å². The summed E-state index contributed by atoms with van der Waals surface area (Å²) < 4.78 is 0. The second-order valence-corrected chi connectivity index (χ2v) is 4.69. The summed E-state index contributed by atoms with van der Waals surface area (Å²) in [6.07, 6.45) is 4.29. The maximum Gasteiger partial charge on any atom is 0.346 e. The van der Waals surface area contributed by atoms with Gasteiger partial charge < -0.3 is 32.2 Å². The van der Waals surface area contributed by atoms with Crippen LogP contribution in [0.25, 0.3) is 11.2 Å². The van der Waals surface area contributed by atoms with Gasteiger partial charge in [-0.25, -0.2) is 14.6 Å². The van der Waals surface area contributed by atoms with E-state index in [4.69, 9.17) is 17.2 Å². The number of aromatic nitrogens is 8. The van der Waals surface area contributed by atoms with Crippen LogP contribution < -0.4 is 34.1 Å². The van der Waals surface area contributed by atoms with Crippen molar-refractivity contribution in [1.29, 1.82) is 0 Å². The molecule has 0 bridgehead atoms. The second-order valence-electron chi connectivity index (χ2n) is 4.69. The Morgan fingerprint density at radius 3 is 1.78 bits per heavy atom. The fourth-order valence-corrected chi connectivity index (χ4v) is 1.63. The quantitative estimate of drug-likeness (QED) is 0.177. The lowest BCUT2D eigenvalue weighted by atomic mass is 10.5. The Hall–Kier alpha value is -4.49. The summed E-state index contributed by atoms with van der Waals surface area (Å²) in [5, 5.41) is 0. The maximum absolute atomic E-state index is 11.0. The highest BCUT2D eigenvalue weighted by atomic mass is 16.1. The molecule has 0 saturated carbocycles. The Kier molecular flexibility index (Phi) is 5.97. The average Bonchev–Trinajstić information content (AvgIpc) is 3.04. The molecule has 0 amide bonds. The Labute approximate surface area is 148 Å². The molecule has 10 N–H and O–H groups in total. The minimum absolute atomic E-state index is 0.0783. The van der Waals surface area contributed by atoms with Crippen LogP contribution in [0.5, 0.6) is 0 Å². The van der Waals surface area contributed by atoms with Crippen LogP contribution >= 0.6 is 0 Å². The first-order chi connectivity index (χ1) is 12.8. The highest BCUT2D eigenvalue weighted by molar-refractivity contribution is 5.69. The molecule has 0 atom stereocenters. The summed E-state index contributed by atoms with van der Waals surface area (Å²) in [7, 11) is 0. The zero-order chi connectivity index (χ0) is 19.8. The van der Waals surface area contributed by atoms with Crippen LogP contribution in [0, 0.1) is 0 Å². The molecule has 14 heteroatoms. The molecule has 4 aromatic heterocycles. The molecular formula is C13H15N11O3. The lowest BCUT2D eigenvalue weighted by molar-refractivity contribution is 1.08. The second kappa shape index (κ2) is 8.56. The molecule has 4 heterocycles. The van der Waals surface area contributed by atoms with Crippen LogP contribution in [-0.4, -0.2) is 39.9 Å². The number of hydrogen-bond donors (Lipinski definition) is 7. The van der Waals surface area contributed by atoms with Gasteiger partial charge in [-0.15, -0.1) is 0 Å². The number of hydrogen-bond acceptors (Lipinski definition) is 10. The predicted molar refractivity (Wildman–Crippen MR) is 97.5 cm³/mol. The van der Waals surface area contributed by atoms with Crippen molar-refractivity contribution >= 4 is 28.7 Å². The summed E-state index contributed by atoms with van der Waals surface area (Å²) >= 11 is 0. The van der Waals surface area contributed by atoms with E-state index in [1.165, 1.54) is 30.9 Å². The molecule has 0 aliphatic carbocycles. The van der Waals surface area contributed by atoms with E-state index < -0.39 is 11.4 Å². The summed E-state index contributed by atoms with van der Waals surface area (Å²) in [4.78, 5) is 55.4. The van der Waals surface area contributed by atoms with Crippen LogP contribution in [0.15, 0.2) is 45.2 Å². The Morgan fingerprint density at radius 2 is 1.33 bits per heavy atom. The number of H-pyrrole nitrogens is 4. The first-order valence-corrected chi connectivity index (χ1v) is 7.16. The number of rotatable bonds is 0. The Bertz CT molecular complexity index is 1140. The van der Waals surface area contributed by atoms with Crippen molar-refractivity contribution < 1.29 is 0 Å². The van der Waals surface area contributed by atoms with Crippen LogP contribution in [0.4, 0.5) is 17.6 Å². The molecule has 0 aliphatic heterocycles. The van der Waals surface area contributed by atoms with Gasteiger partial charge in [0.2, 0.25) is 5.95 Å². The van der Waals surface area contributed by atoms with Gasteiger partial charge in [-0.2, -0.15) is 15.0 Å². The monoisotopic (exact) mass is 373 g/mol. The van der Waals surface area contributed by atoms with Crippen molar-refractivity contribution in [2.45, 2.75) is 0 Å². The number of anilines is 3. The molecule has 14 nitrogen and oxygen atoms in total. The highest BCUT2D eigenvalue weighted by Crippen LogP contribution is 1.98. The molecule has 0 spiro atoms. The van der Waals surface area contributed by atoms with Gasteiger partial charge in [-0.3, -0.25) is 9.78 Å². The standard InChI is InChI=1S/C5H5N5O.2C4H5N3O/c6-5-9-3-2(4(11)10-5)7-1-8-3;2*5-3-1-2-6-4(8)7-3/h1H,(H4,6,7,8,9,10,11);2*1-2H,(H3,5,6,7,8). The number of imidazole rings is 1. The van der Waals surface area contributed by atoms with Gasteiger partial charge in [0.15, 0.2) is 11.2 Å². The maximum atomic E-state index is 11.0. The van der Waals surface area contributed by atoms with Gasteiger partial charge >= 0.3 is 11.4 Å². The summed E-state index contributed by atoms with van der Waals surface area (Å²) in [6, 6.07) is 3.03. The van der Waals surface area contributed by atoms with Crippen LogP contribution in [0.3, 0.4) is 0 Å². The van der Waals surface area contributed by atoms with E-state index in [1.807, 2.05) is 0 Å². The van der Waals surface area contributed by atoms with Crippen LogP contribution in [0.1, 0.15) is 0 Å². The Morgan fingerprint density at radius 1 is 0.778 bits per heavy atom. The van der Waals surface area contributed by atoms with E-state index in [2.05, 4.69) is 39.9 Å². The summed E-state index contributed by atoms with van der Waals surface area (Å²) in [6.45, 7) is 0. The minimum atomic E-state index is -0.412. The highest BCUT2D eigenvalue weighted by Gasteiger charge is 2.01. The minimum Gasteiger partial charge on any atom is -0.383 e. The fraction of sp³-hybridized carbons (Fsp3) is 0. The van der Waals surface area contributed by atoms with E-state index in [9.17, 15) is 14.4 Å². The molecule has 0 aromatic carbocycles. The molecule has 27 heavy (non-hydrogen) atoms. The van der Waals surface area contributed by atoms with Crippen molar-refractivity contribution in [2.75, 3.05) is 17.2 Å².